The molecule has 0 saturated heterocycles. The number of rotatable bonds is 3. The summed E-state index contributed by atoms with van der Waals surface area (Å²) in [5.74, 6) is -1.45. The monoisotopic (exact) mass is 285 g/mol. The van der Waals surface area contributed by atoms with Gasteiger partial charge < -0.3 is 5.32 Å². The molecule has 2 aliphatic carbocycles. The van der Waals surface area contributed by atoms with Crippen LogP contribution in [0.1, 0.15) is 32.3 Å². The number of benzene rings is 1. The Hall–Kier alpha value is -1.97. The van der Waals surface area contributed by atoms with E-state index in [1.165, 1.54) is 0 Å². The Morgan fingerprint density at radius 3 is 2.48 bits per heavy atom. The summed E-state index contributed by atoms with van der Waals surface area (Å²) in [7, 11) is 0. The van der Waals surface area contributed by atoms with E-state index >= 15 is 0 Å². The fourth-order valence-corrected chi connectivity index (χ4v) is 4.01. The lowest BCUT2D eigenvalue weighted by Gasteiger charge is -2.33. The van der Waals surface area contributed by atoms with Crippen molar-refractivity contribution in [2.24, 2.45) is 16.7 Å². The van der Waals surface area contributed by atoms with Gasteiger partial charge in [-0.05, 0) is 23.8 Å². The molecule has 1 N–H and O–H groups in total. The SMILES string of the molecule is CC1(C)[C@H]2CC[C@]1(C(=O)NCc1ccccc1)C(=O)C2=O. The Morgan fingerprint density at radius 1 is 1.24 bits per heavy atom. The molecule has 1 amide bonds. The third-order valence-corrected chi connectivity index (χ3v) is 5.39. The molecule has 2 aliphatic rings. The van der Waals surface area contributed by atoms with Crippen LogP contribution in [0.2, 0.25) is 0 Å². The van der Waals surface area contributed by atoms with E-state index in [1.807, 2.05) is 44.2 Å². The number of carbonyl (C=O) groups excluding carboxylic acids is 3. The van der Waals surface area contributed by atoms with Crippen molar-refractivity contribution in [2.45, 2.75) is 33.2 Å². The van der Waals surface area contributed by atoms with Gasteiger partial charge in [0.05, 0.1) is 0 Å². The third kappa shape index (κ3) is 1.71. The molecule has 4 nitrogen and oxygen atoms in total. The van der Waals surface area contributed by atoms with Crippen LogP contribution in [0.4, 0.5) is 0 Å². The van der Waals surface area contributed by atoms with E-state index in [9.17, 15) is 14.4 Å². The number of fused-ring (bicyclic) bond motifs is 2. The lowest BCUT2D eigenvalue weighted by Crippen LogP contribution is -2.50. The van der Waals surface area contributed by atoms with Gasteiger partial charge in [-0.2, -0.15) is 0 Å². The van der Waals surface area contributed by atoms with Crippen LogP contribution in [0.15, 0.2) is 30.3 Å². The van der Waals surface area contributed by atoms with Gasteiger partial charge in [0.1, 0.15) is 5.41 Å². The summed E-state index contributed by atoms with van der Waals surface area (Å²) in [5.41, 5.74) is -0.766. The number of Topliss-reactive ketones (excluding diaryl/α,β-unsaturated/α-hetero) is 2. The smallest absolute Gasteiger partial charge is 0.235 e. The molecule has 110 valence electrons. The van der Waals surface area contributed by atoms with Crippen molar-refractivity contribution in [3.05, 3.63) is 35.9 Å². The molecule has 2 atom stereocenters. The molecule has 0 radical (unpaired) electrons. The van der Waals surface area contributed by atoms with Gasteiger partial charge in [0.15, 0.2) is 0 Å². The van der Waals surface area contributed by atoms with Crippen LogP contribution in [-0.4, -0.2) is 17.5 Å². The van der Waals surface area contributed by atoms with Crippen LogP contribution in [-0.2, 0) is 20.9 Å². The van der Waals surface area contributed by atoms with Crippen molar-refractivity contribution in [3.63, 3.8) is 0 Å². The Bertz CT molecular complexity index is 620. The fraction of sp³-hybridized carbons (Fsp3) is 0.471. The summed E-state index contributed by atoms with van der Waals surface area (Å²) in [5, 5.41) is 2.85. The minimum atomic E-state index is -1.16. The van der Waals surface area contributed by atoms with Gasteiger partial charge in [0.25, 0.3) is 0 Å². The van der Waals surface area contributed by atoms with Crippen LogP contribution >= 0.6 is 0 Å². The zero-order chi connectivity index (χ0) is 15.3. The summed E-state index contributed by atoms with van der Waals surface area (Å²) in [6.45, 7) is 4.12. The van der Waals surface area contributed by atoms with Crippen molar-refractivity contribution in [1.82, 2.24) is 5.32 Å². The highest BCUT2D eigenvalue weighted by molar-refractivity contribution is 6.47. The zero-order valence-electron chi connectivity index (χ0n) is 12.3. The summed E-state index contributed by atoms with van der Waals surface area (Å²) < 4.78 is 0. The highest BCUT2D eigenvalue weighted by atomic mass is 16.2. The lowest BCUT2D eigenvalue weighted by molar-refractivity contribution is -0.149. The molecular formula is C17H19NO3. The predicted molar refractivity (Wildman–Crippen MR) is 77.2 cm³/mol. The first-order valence-corrected chi connectivity index (χ1v) is 7.32. The van der Waals surface area contributed by atoms with E-state index in [4.69, 9.17) is 0 Å². The predicted octanol–water partition coefficient (Wildman–Crippen LogP) is 1.88. The molecule has 4 heteroatoms. The summed E-state index contributed by atoms with van der Waals surface area (Å²) in [6, 6.07) is 9.55. The largest absolute Gasteiger partial charge is 0.351 e. The van der Waals surface area contributed by atoms with E-state index in [0.717, 1.165) is 5.56 Å². The van der Waals surface area contributed by atoms with Gasteiger partial charge in [-0.1, -0.05) is 44.2 Å². The average molecular weight is 285 g/mol. The van der Waals surface area contributed by atoms with E-state index in [0.29, 0.717) is 19.4 Å². The van der Waals surface area contributed by atoms with Crippen LogP contribution in [0.25, 0.3) is 0 Å². The Kier molecular flexibility index (Phi) is 3.01. The summed E-state index contributed by atoms with van der Waals surface area (Å²) in [4.78, 5) is 37.1. The van der Waals surface area contributed by atoms with Crippen LogP contribution in [0.5, 0.6) is 0 Å². The number of hydrogen-bond donors (Lipinski definition) is 1. The minimum absolute atomic E-state index is 0.297. The molecule has 2 saturated carbocycles. The van der Waals surface area contributed by atoms with Crippen LogP contribution in [0.3, 0.4) is 0 Å². The van der Waals surface area contributed by atoms with Crippen LogP contribution in [0, 0.1) is 16.7 Å². The topological polar surface area (TPSA) is 63.2 Å². The molecular weight excluding hydrogens is 266 g/mol. The first kappa shape index (κ1) is 14.0. The maximum atomic E-state index is 12.7. The molecule has 0 aromatic heterocycles. The maximum Gasteiger partial charge on any atom is 0.235 e. The number of carbonyl (C=O) groups is 3. The molecule has 3 rings (SSSR count). The van der Waals surface area contributed by atoms with E-state index in [1.54, 1.807) is 0 Å². The quantitative estimate of drug-likeness (QED) is 0.681. The van der Waals surface area contributed by atoms with E-state index in [2.05, 4.69) is 5.32 Å². The van der Waals surface area contributed by atoms with Gasteiger partial charge in [-0.15, -0.1) is 0 Å². The van der Waals surface area contributed by atoms with E-state index in [-0.39, 0.29) is 17.6 Å². The van der Waals surface area contributed by atoms with E-state index < -0.39 is 16.6 Å². The summed E-state index contributed by atoms with van der Waals surface area (Å²) >= 11 is 0. The minimum Gasteiger partial charge on any atom is -0.351 e. The lowest BCUT2D eigenvalue weighted by atomic mass is 9.68. The second-order valence-corrected chi connectivity index (χ2v) is 6.58. The van der Waals surface area contributed by atoms with Gasteiger partial charge >= 0.3 is 0 Å². The van der Waals surface area contributed by atoms with Crippen molar-refractivity contribution in [1.29, 1.82) is 0 Å². The number of ketones is 2. The molecule has 0 heterocycles. The number of amides is 1. The highest BCUT2D eigenvalue weighted by Gasteiger charge is 2.72. The van der Waals surface area contributed by atoms with Gasteiger partial charge in [-0.25, -0.2) is 0 Å². The fourth-order valence-electron chi connectivity index (χ4n) is 4.01. The second-order valence-electron chi connectivity index (χ2n) is 6.58. The molecule has 1 aromatic carbocycles. The third-order valence-electron chi connectivity index (χ3n) is 5.39. The Balaban J connectivity index is 1.83. The molecule has 0 aliphatic heterocycles. The molecule has 2 fully saturated rings. The zero-order valence-corrected chi connectivity index (χ0v) is 12.3. The molecule has 0 spiro atoms. The van der Waals surface area contributed by atoms with Gasteiger partial charge in [-0.3, -0.25) is 14.4 Å². The highest BCUT2D eigenvalue weighted by Crippen LogP contribution is 2.62. The molecule has 0 unspecified atom stereocenters. The van der Waals surface area contributed by atoms with Crippen molar-refractivity contribution < 1.29 is 14.4 Å². The molecule has 21 heavy (non-hydrogen) atoms. The second kappa shape index (κ2) is 4.52. The Morgan fingerprint density at radius 2 is 1.90 bits per heavy atom. The molecule has 2 bridgehead atoms. The normalized spacial score (nSPS) is 29.7. The Labute approximate surface area is 123 Å². The first-order chi connectivity index (χ1) is 9.91. The maximum absolute atomic E-state index is 12.7. The standard InChI is InChI=1S/C17H19NO3/c1-16(2)12-8-9-17(16,14(20)13(12)19)15(21)18-10-11-6-4-3-5-7-11/h3-7,12H,8-10H2,1-2H3,(H,18,21)/t12-,17+/m0/s1. The summed E-state index contributed by atoms with van der Waals surface area (Å²) in [6.07, 6.45) is 1.12. The first-order valence-electron chi connectivity index (χ1n) is 7.32. The van der Waals surface area contributed by atoms with Crippen molar-refractivity contribution >= 4 is 17.5 Å². The average Bonchev–Trinajstić information content (AvgIpc) is 2.82. The van der Waals surface area contributed by atoms with Crippen molar-refractivity contribution in [3.8, 4) is 0 Å². The van der Waals surface area contributed by atoms with Gasteiger partial charge in [0, 0.05) is 12.5 Å². The van der Waals surface area contributed by atoms with Crippen molar-refractivity contribution in [2.75, 3.05) is 0 Å². The van der Waals surface area contributed by atoms with Crippen LogP contribution < -0.4 is 5.32 Å². The number of nitrogens with one attached hydrogen (secondary N) is 1. The van der Waals surface area contributed by atoms with Gasteiger partial charge in [0.2, 0.25) is 17.5 Å². The molecule has 1 aromatic rings. The number of hydrogen-bond acceptors (Lipinski definition) is 3.